The maximum absolute atomic E-state index is 3.61. The van der Waals surface area contributed by atoms with Gasteiger partial charge >= 0.3 is 0 Å². The first kappa shape index (κ1) is 14.6. The molecule has 1 atom stereocenters. The summed E-state index contributed by atoms with van der Waals surface area (Å²) in [6, 6.07) is 0.697. The predicted octanol–water partition coefficient (Wildman–Crippen LogP) is 4.13. The van der Waals surface area contributed by atoms with Gasteiger partial charge in [-0.2, -0.15) is 0 Å². The van der Waals surface area contributed by atoms with Crippen molar-refractivity contribution in [2.75, 3.05) is 6.54 Å². The van der Waals surface area contributed by atoms with Crippen molar-refractivity contribution in [3.63, 3.8) is 0 Å². The summed E-state index contributed by atoms with van der Waals surface area (Å²) in [6.45, 7) is 5.23. The van der Waals surface area contributed by atoms with Gasteiger partial charge in [-0.3, -0.25) is 0 Å². The smallest absolute Gasteiger partial charge is 0.0103 e. The van der Waals surface area contributed by atoms with E-state index in [1.54, 1.807) is 0 Å². The van der Waals surface area contributed by atoms with Gasteiger partial charge in [-0.05, 0) is 38.6 Å². The van der Waals surface area contributed by atoms with Gasteiger partial charge in [0, 0.05) is 12.5 Å². The Balaban J connectivity index is 2.19. The van der Waals surface area contributed by atoms with Crippen LogP contribution in [0.5, 0.6) is 0 Å². The Labute approximate surface area is 108 Å². The molecule has 0 saturated heterocycles. The molecule has 17 heavy (non-hydrogen) atoms. The second kappa shape index (κ2) is 9.54. The Hall–Kier alpha value is -0.480. The van der Waals surface area contributed by atoms with Crippen LogP contribution in [0.3, 0.4) is 0 Å². The molecule has 0 aliphatic heterocycles. The van der Waals surface area contributed by atoms with Crippen molar-refractivity contribution in [1.82, 2.24) is 5.32 Å². The SMILES string of the molecule is CC#CCCC(CCC1CCCCC1)NCC. The number of rotatable bonds is 7. The zero-order chi connectivity index (χ0) is 12.3. The van der Waals surface area contributed by atoms with Gasteiger partial charge < -0.3 is 5.32 Å². The van der Waals surface area contributed by atoms with Crippen LogP contribution in [0.4, 0.5) is 0 Å². The third kappa shape index (κ3) is 6.74. The molecule has 1 N–H and O–H groups in total. The van der Waals surface area contributed by atoms with Crippen molar-refractivity contribution in [2.45, 2.75) is 77.7 Å². The number of nitrogens with one attached hydrogen (secondary N) is 1. The maximum Gasteiger partial charge on any atom is 0.0103 e. The molecule has 1 aliphatic rings. The van der Waals surface area contributed by atoms with E-state index in [2.05, 4.69) is 24.1 Å². The first-order valence-electron chi connectivity index (χ1n) is 7.49. The van der Waals surface area contributed by atoms with Gasteiger partial charge in [-0.15, -0.1) is 11.8 Å². The summed E-state index contributed by atoms with van der Waals surface area (Å²) in [4.78, 5) is 0. The Morgan fingerprint density at radius 3 is 2.59 bits per heavy atom. The molecule has 1 aliphatic carbocycles. The first-order chi connectivity index (χ1) is 8.36. The summed E-state index contributed by atoms with van der Waals surface area (Å²) in [5.74, 6) is 7.19. The summed E-state index contributed by atoms with van der Waals surface area (Å²) in [7, 11) is 0. The highest BCUT2D eigenvalue weighted by atomic mass is 14.9. The van der Waals surface area contributed by atoms with Gasteiger partial charge in [-0.25, -0.2) is 0 Å². The highest BCUT2D eigenvalue weighted by molar-refractivity contribution is 4.95. The highest BCUT2D eigenvalue weighted by Gasteiger charge is 2.15. The van der Waals surface area contributed by atoms with Crippen molar-refractivity contribution >= 4 is 0 Å². The average molecular weight is 235 g/mol. The van der Waals surface area contributed by atoms with E-state index < -0.39 is 0 Å². The minimum absolute atomic E-state index is 0.697. The van der Waals surface area contributed by atoms with Gasteiger partial charge in [0.05, 0.1) is 0 Å². The summed E-state index contributed by atoms with van der Waals surface area (Å²) >= 11 is 0. The fourth-order valence-corrected chi connectivity index (χ4v) is 2.92. The number of hydrogen-bond donors (Lipinski definition) is 1. The lowest BCUT2D eigenvalue weighted by Crippen LogP contribution is -2.29. The normalized spacial score (nSPS) is 18.5. The molecule has 1 fully saturated rings. The van der Waals surface area contributed by atoms with Crippen molar-refractivity contribution in [3.05, 3.63) is 0 Å². The van der Waals surface area contributed by atoms with E-state index >= 15 is 0 Å². The van der Waals surface area contributed by atoms with E-state index in [0.717, 1.165) is 18.9 Å². The van der Waals surface area contributed by atoms with E-state index in [9.17, 15) is 0 Å². The lowest BCUT2D eigenvalue weighted by molar-refractivity contribution is 0.310. The van der Waals surface area contributed by atoms with E-state index in [-0.39, 0.29) is 0 Å². The van der Waals surface area contributed by atoms with Crippen molar-refractivity contribution < 1.29 is 0 Å². The summed E-state index contributed by atoms with van der Waals surface area (Å²) in [6.07, 6.45) is 12.4. The zero-order valence-electron chi connectivity index (χ0n) is 11.7. The van der Waals surface area contributed by atoms with Crippen LogP contribution >= 0.6 is 0 Å². The monoisotopic (exact) mass is 235 g/mol. The van der Waals surface area contributed by atoms with Crippen LogP contribution in [-0.2, 0) is 0 Å². The van der Waals surface area contributed by atoms with Gasteiger partial charge in [0.15, 0.2) is 0 Å². The molecule has 1 unspecified atom stereocenters. The molecule has 0 radical (unpaired) electrons. The quantitative estimate of drug-likeness (QED) is 0.654. The van der Waals surface area contributed by atoms with E-state index in [1.807, 2.05) is 6.92 Å². The average Bonchev–Trinajstić information content (AvgIpc) is 2.37. The van der Waals surface area contributed by atoms with Crippen molar-refractivity contribution in [2.24, 2.45) is 5.92 Å². The fraction of sp³-hybridized carbons (Fsp3) is 0.875. The maximum atomic E-state index is 3.61. The second-order valence-electron chi connectivity index (χ2n) is 5.30. The molecule has 1 saturated carbocycles. The molecular formula is C16H29N. The van der Waals surface area contributed by atoms with Crippen molar-refractivity contribution in [1.29, 1.82) is 0 Å². The fourth-order valence-electron chi connectivity index (χ4n) is 2.92. The molecular weight excluding hydrogens is 206 g/mol. The van der Waals surface area contributed by atoms with Gasteiger partial charge in [0.2, 0.25) is 0 Å². The molecule has 0 aromatic carbocycles. The van der Waals surface area contributed by atoms with E-state index in [1.165, 1.54) is 51.4 Å². The van der Waals surface area contributed by atoms with Crippen LogP contribution in [0.25, 0.3) is 0 Å². The third-order valence-corrected chi connectivity index (χ3v) is 3.94. The minimum atomic E-state index is 0.697. The molecule has 1 nitrogen and oxygen atoms in total. The minimum Gasteiger partial charge on any atom is -0.314 e. The largest absolute Gasteiger partial charge is 0.314 e. The van der Waals surface area contributed by atoms with Crippen LogP contribution in [0.2, 0.25) is 0 Å². The molecule has 0 aromatic heterocycles. The standard InChI is InChI=1S/C16H29N/c1-3-5-7-12-16(17-4-2)14-13-15-10-8-6-9-11-15/h15-17H,4,6-14H2,1-2H3. The molecule has 0 bridgehead atoms. The van der Waals surface area contributed by atoms with Gasteiger partial charge in [-0.1, -0.05) is 39.0 Å². The predicted molar refractivity (Wildman–Crippen MR) is 76.0 cm³/mol. The van der Waals surface area contributed by atoms with Crippen LogP contribution in [-0.4, -0.2) is 12.6 Å². The Morgan fingerprint density at radius 2 is 1.94 bits per heavy atom. The zero-order valence-corrected chi connectivity index (χ0v) is 11.7. The molecule has 0 heterocycles. The Bertz CT molecular complexity index is 230. The van der Waals surface area contributed by atoms with Crippen LogP contribution in [0.1, 0.15) is 71.6 Å². The van der Waals surface area contributed by atoms with Gasteiger partial charge in [0.25, 0.3) is 0 Å². The first-order valence-corrected chi connectivity index (χ1v) is 7.49. The number of hydrogen-bond acceptors (Lipinski definition) is 1. The van der Waals surface area contributed by atoms with Crippen LogP contribution < -0.4 is 5.32 Å². The van der Waals surface area contributed by atoms with Crippen LogP contribution in [0, 0.1) is 17.8 Å². The summed E-state index contributed by atoms with van der Waals surface area (Å²) < 4.78 is 0. The summed E-state index contributed by atoms with van der Waals surface area (Å²) in [5.41, 5.74) is 0. The lowest BCUT2D eigenvalue weighted by atomic mass is 9.85. The summed E-state index contributed by atoms with van der Waals surface area (Å²) in [5, 5.41) is 3.61. The van der Waals surface area contributed by atoms with Gasteiger partial charge in [0.1, 0.15) is 0 Å². The molecule has 0 spiro atoms. The molecule has 1 rings (SSSR count). The third-order valence-electron chi connectivity index (χ3n) is 3.94. The lowest BCUT2D eigenvalue weighted by Gasteiger charge is -2.24. The molecule has 1 heteroatoms. The highest BCUT2D eigenvalue weighted by Crippen LogP contribution is 2.28. The van der Waals surface area contributed by atoms with E-state index in [4.69, 9.17) is 0 Å². The Morgan fingerprint density at radius 1 is 1.18 bits per heavy atom. The molecule has 0 aromatic rings. The topological polar surface area (TPSA) is 12.0 Å². The van der Waals surface area contributed by atoms with E-state index in [0.29, 0.717) is 6.04 Å². The second-order valence-corrected chi connectivity index (χ2v) is 5.30. The van der Waals surface area contributed by atoms with Crippen LogP contribution in [0.15, 0.2) is 0 Å². The van der Waals surface area contributed by atoms with Crippen molar-refractivity contribution in [3.8, 4) is 11.8 Å². The molecule has 0 amide bonds. The Kier molecular flexibility index (Phi) is 8.18. The molecule has 98 valence electrons.